The Labute approximate surface area is 107 Å². The number of hydrazine groups is 1. The van der Waals surface area contributed by atoms with Gasteiger partial charge in [0.05, 0.1) is 6.54 Å². The first-order valence-corrected chi connectivity index (χ1v) is 5.83. The molecule has 0 aliphatic carbocycles. The lowest BCUT2D eigenvalue weighted by molar-refractivity contribution is 0.285. The zero-order chi connectivity index (χ0) is 13.0. The monoisotopic (exact) mass is 246 g/mol. The van der Waals surface area contributed by atoms with Gasteiger partial charge < -0.3 is 9.84 Å². The topological polar surface area (TPSA) is 67.3 Å². The Morgan fingerprint density at radius 1 is 1.33 bits per heavy atom. The Balaban J connectivity index is 1.96. The summed E-state index contributed by atoms with van der Waals surface area (Å²) in [6.07, 6.45) is 1.75. The average Bonchev–Trinajstić information content (AvgIpc) is 2.74. The van der Waals surface area contributed by atoms with E-state index in [9.17, 15) is 0 Å². The standard InChI is InChI=1S/C13H18N4O/c1-10-3-4-12(18-10)9-17(2)8-11-5-6-15-13(7-11)16-14/h3-7H,8-9,14H2,1-2H3,(H,15,16). The summed E-state index contributed by atoms with van der Waals surface area (Å²) in [4.78, 5) is 6.25. The van der Waals surface area contributed by atoms with E-state index in [1.54, 1.807) is 6.20 Å². The van der Waals surface area contributed by atoms with Crippen molar-refractivity contribution >= 4 is 5.82 Å². The maximum absolute atomic E-state index is 5.55. The smallest absolute Gasteiger partial charge is 0.140 e. The van der Waals surface area contributed by atoms with Crippen LogP contribution in [0.25, 0.3) is 0 Å². The van der Waals surface area contributed by atoms with Gasteiger partial charge in [0, 0.05) is 12.7 Å². The van der Waals surface area contributed by atoms with Gasteiger partial charge in [0.15, 0.2) is 0 Å². The predicted molar refractivity (Wildman–Crippen MR) is 70.7 cm³/mol. The number of aromatic nitrogens is 1. The van der Waals surface area contributed by atoms with E-state index in [4.69, 9.17) is 10.3 Å². The van der Waals surface area contributed by atoms with Gasteiger partial charge in [-0.05, 0) is 43.8 Å². The lowest BCUT2D eigenvalue weighted by Gasteiger charge is -2.15. The molecule has 0 aromatic carbocycles. The number of pyridine rings is 1. The van der Waals surface area contributed by atoms with Crippen LogP contribution < -0.4 is 11.3 Å². The minimum atomic E-state index is 0.676. The van der Waals surface area contributed by atoms with E-state index in [1.165, 1.54) is 0 Å². The fourth-order valence-corrected chi connectivity index (χ4v) is 1.86. The molecule has 5 heteroatoms. The zero-order valence-electron chi connectivity index (χ0n) is 10.7. The molecule has 0 radical (unpaired) electrons. The van der Waals surface area contributed by atoms with Gasteiger partial charge in [-0.25, -0.2) is 10.8 Å². The van der Waals surface area contributed by atoms with Crippen LogP contribution in [0.1, 0.15) is 17.1 Å². The van der Waals surface area contributed by atoms with Crippen LogP contribution in [0.15, 0.2) is 34.9 Å². The summed E-state index contributed by atoms with van der Waals surface area (Å²) in [7, 11) is 2.05. The highest BCUT2D eigenvalue weighted by Crippen LogP contribution is 2.12. The van der Waals surface area contributed by atoms with Gasteiger partial charge >= 0.3 is 0 Å². The normalized spacial score (nSPS) is 10.9. The highest BCUT2D eigenvalue weighted by molar-refractivity contribution is 5.35. The Bertz CT molecular complexity index is 509. The van der Waals surface area contributed by atoms with Crippen LogP contribution in [-0.2, 0) is 13.1 Å². The second-order valence-corrected chi connectivity index (χ2v) is 4.38. The van der Waals surface area contributed by atoms with Gasteiger partial charge in [-0.15, -0.1) is 0 Å². The lowest BCUT2D eigenvalue weighted by atomic mass is 10.2. The second-order valence-electron chi connectivity index (χ2n) is 4.38. The molecule has 96 valence electrons. The third kappa shape index (κ3) is 3.32. The number of anilines is 1. The van der Waals surface area contributed by atoms with Gasteiger partial charge in [-0.1, -0.05) is 0 Å². The molecular formula is C13H18N4O. The summed E-state index contributed by atoms with van der Waals surface area (Å²) in [5, 5.41) is 0. The summed E-state index contributed by atoms with van der Waals surface area (Å²) in [6, 6.07) is 7.89. The number of nitrogens with one attached hydrogen (secondary N) is 1. The van der Waals surface area contributed by atoms with E-state index in [2.05, 4.69) is 15.3 Å². The molecule has 2 heterocycles. The van der Waals surface area contributed by atoms with Crippen molar-refractivity contribution in [1.82, 2.24) is 9.88 Å². The molecule has 0 atom stereocenters. The van der Waals surface area contributed by atoms with Crippen molar-refractivity contribution < 1.29 is 4.42 Å². The molecule has 0 saturated heterocycles. The fraction of sp³-hybridized carbons (Fsp3) is 0.308. The molecule has 0 aliphatic heterocycles. The molecule has 0 bridgehead atoms. The molecule has 18 heavy (non-hydrogen) atoms. The zero-order valence-corrected chi connectivity index (χ0v) is 10.7. The Morgan fingerprint density at radius 2 is 2.17 bits per heavy atom. The van der Waals surface area contributed by atoms with Gasteiger partial charge in [0.1, 0.15) is 17.3 Å². The number of rotatable bonds is 5. The van der Waals surface area contributed by atoms with Crippen molar-refractivity contribution in [3.63, 3.8) is 0 Å². The number of aryl methyl sites for hydroxylation is 1. The highest BCUT2D eigenvalue weighted by Gasteiger charge is 2.05. The number of furan rings is 1. The Morgan fingerprint density at radius 3 is 2.83 bits per heavy atom. The Kier molecular flexibility index (Phi) is 3.96. The molecule has 0 spiro atoms. The van der Waals surface area contributed by atoms with E-state index < -0.39 is 0 Å². The van der Waals surface area contributed by atoms with Crippen LogP contribution in [0, 0.1) is 6.92 Å². The number of nitrogens with zero attached hydrogens (tertiary/aromatic N) is 2. The number of nitrogens with two attached hydrogens (primary N) is 1. The van der Waals surface area contributed by atoms with Crippen molar-refractivity contribution in [2.45, 2.75) is 20.0 Å². The van der Waals surface area contributed by atoms with E-state index in [-0.39, 0.29) is 0 Å². The first-order chi connectivity index (χ1) is 8.67. The maximum Gasteiger partial charge on any atom is 0.140 e. The van der Waals surface area contributed by atoms with Gasteiger partial charge in [-0.3, -0.25) is 4.90 Å². The molecule has 5 nitrogen and oxygen atoms in total. The largest absolute Gasteiger partial charge is 0.465 e. The first kappa shape index (κ1) is 12.6. The summed E-state index contributed by atoms with van der Waals surface area (Å²) in [5.41, 5.74) is 3.70. The van der Waals surface area contributed by atoms with E-state index in [0.717, 1.165) is 30.2 Å². The third-order valence-corrected chi connectivity index (χ3v) is 2.65. The molecule has 3 N–H and O–H groups in total. The summed E-state index contributed by atoms with van der Waals surface area (Å²) in [6.45, 7) is 3.55. The molecular weight excluding hydrogens is 228 g/mol. The van der Waals surface area contributed by atoms with E-state index in [0.29, 0.717) is 5.82 Å². The summed E-state index contributed by atoms with van der Waals surface area (Å²) < 4.78 is 5.55. The van der Waals surface area contributed by atoms with Crippen LogP contribution in [0.3, 0.4) is 0 Å². The average molecular weight is 246 g/mol. The minimum Gasteiger partial charge on any atom is -0.465 e. The van der Waals surface area contributed by atoms with Crippen LogP contribution in [0.4, 0.5) is 5.82 Å². The molecule has 2 aromatic heterocycles. The third-order valence-electron chi connectivity index (χ3n) is 2.65. The van der Waals surface area contributed by atoms with E-state index >= 15 is 0 Å². The number of nitrogen functional groups attached to an aromatic ring is 1. The molecule has 0 aliphatic rings. The van der Waals surface area contributed by atoms with Crippen LogP contribution in [0.5, 0.6) is 0 Å². The number of hydrogen-bond acceptors (Lipinski definition) is 5. The summed E-state index contributed by atoms with van der Waals surface area (Å²) in [5.74, 6) is 7.93. The van der Waals surface area contributed by atoms with Crippen LogP contribution in [-0.4, -0.2) is 16.9 Å². The predicted octanol–water partition coefficient (Wildman–Crippen LogP) is 1.90. The molecule has 0 unspecified atom stereocenters. The SMILES string of the molecule is Cc1ccc(CN(C)Cc2ccnc(NN)c2)o1. The van der Waals surface area contributed by atoms with Gasteiger partial charge in [0.25, 0.3) is 0 Å². The van der Waals surface area contributed by atoms with Gasteiger partial charge in [-0.2, -0.15) is 0 Å². The molecule has 2 aromatic rings. The van der Waals surface area contributed by atoms with Crippen molar-refractivity contribution in [3.05, 3.63) is 47.5 Å². The molecule has 0 amide bonds. The fourth-order valence-electron chi connectivity index (χ4n) is 1.86. The first-order valence-electron chi connectivity index (χ1n) is 5.83. The highest BCUT2D eigenvalue weighted by atomic mass is 16.3. The van der Waals surface area contributed by atoms with Crippen molar-refractivity contribution in [1.29, 1.82) is 0 Å². The van der Waals surface area contributed by atoms with Crippen molar-refractivity contribution in [2.75, 3.05) is 12.5 Å². The lowest BCUT2D eigenvalue weighted by Crippen LogP contribution is -2.17. The van der Waals surface area contributed by atoms with Crippen LogP contribution in [0.2, 0.25) is 0 Å². The summed E-state index contributed by atoms with van der Waals surface area (Å²) >= 11 is 0. The molecule has 2 rings (SSSR count). The van der Waals surface area contributed by atoms with Crippen LogP contribution >= 0.6 is 0 Å². The molecule has 0 saturated carbocycles. The molecule has 0 fully saturated rings. The maximum atomic E-state index is 5.55. The second kappa shape index (κ2) is 5.66. The van der Waals surface area contributed by atoms with E-state index in [1.807, 2.05) is 38.2 Å². The minimum absolute atomic E-state index is 0.676. The van der Waals surface area contributed by atoms with Crippen molar-refractivity contribution in [3.8, 4) is 0 Å². The quantitative estimate of drug-likeness (QED) is 0.623. The van der Waals surface area contributed by atoms with Gasteiger partial charge in [0.2, 0.25) is 0 Å². The Hall–Kier alpha value is -1.85. The van der Waals surface area contributed by atoms with Crippen molar-refractivity contribution in [2.24, 2.45) is 5.84 Å². The number of hydrogen-bond donors (Lipinski definition) is 2.